The quantitative estimate of drug-likeness (QED) is 0.497. The van der Waals surface area contributed by atoms with Gasteiger partial charge in [-0.2, -0.15) is 5.26 Å². The van der Waals surface area contributed by atoms with Gasteiger partial charge in [0, 0.05) is 0 Å². The zero-order valence-corrected chi connectivity index (χ0v) is 7.91. The van der Waals surface area contributed by atoms with Gasteiger partial charge in [0.2, 0.25) is 0 Å². The van der Waals surface area contributed by atoms with Gasteiger partial charge >= 0.3 is 0 Å². The van der Waals surface area contributed by atoms with Crippen molar-refractivity contribution >= 4 is 23.4 Å². The van der Waals surface area contributed by atoms with Crippen molar-refractivity contribution in [2.45, 2.75) is 0 Å². The van der Waals surface area contributed by atoms with Crippen LogP contribution in [-0.4, -0.2) is 0 Å². The molecular weight excluding hydrogens is 178 g/mol. The second-order valence-electron chi connectivity index (χ2n) is 2.45. The van der Waals surface area contributed by atoms with Crippen LogP contribution < -0.4 is 0 Å². The Morgan fingerprint density at radius 3 is 1.31 bits per heavy atom. The lowest BCUT2D eigenvalue weighted by Gasteiger charge is -1.92. The molecule has 0 atom stereocenters. The third kappa shape index (κ3) is 2.81. The van der Waals surface area contributed by atoms with Crippen LogP contribution >= 0.6 is 12.6 Å². The fourth-order valence-electron chi connectivity index (χ4n) is 1.13. The maximum absolute atomic E-state index is 7.18. The minimum atomic E-state index is 1.31. The van der Waals surface area contributed by atoms with Gasteiger partial charge in [0.25, 0.3) is 0 Å². The van der Waals surface area contributed by atoms with Gasteiger partial charge in [-0.05, 0) is 10.8 Å². The van der Waals surface area contributed by atoms with Crippen LogP contribution in [0.5, 0.6) is 0 Å². The summed E-state index contributed by atoms with van der Waals surface area (Å²) in [7, 11) is 0. The molecule has 0 bridgehead atoms. The van der Waals surface area contributed by atoms with E-state index in [-0.39, 0.29) is 0 Å². The Hall–Kier alpha value is -1.46. The van der Waals surface area contributed by atoms with Gasteiger partial charge in [-0.25, -0.2) is 0 Å². The van der Waals surface area contributed by atoms with Gasteiger partial charge < -0.3 is 0 Å². The fraction of sp³-hybridized carbons (Fsp3) is 0. The number of hydrogen-bond acceptors (Lipinski definition) is 2. The molecule has 0 N–H and O–H groups in total. The topological polar surface area (TPSA) is 23.8 Å². The van der Waals surface area contributed by atoms with Crippen molar-refractivity contribution in [3.05, 3.63) is 48.5 Å². The van der Waals surface area contributed by atoms with Crippen molar-refractivity contribution < 1.29 is 0 Å². The van der Waals surface area contributed by atoms with E-state index in [1.807, 2.05) is 0 Å². The van der Waals surface area contributed by atoms with Gasteiger partial charge in [0.15, 0.2) is 0 Å². The number of thiol groups is 1. The lowest BCUT2D eigenvalue weighted by molar-refractivity contribution is 1.57. The molecule has 0 heterocycles. The zero-order chi connectivity index (χ0) is 9.52. The summed E-state index contributed by atoms with van der Waals surface area (Å²) in [5.74, 6) is 0. The van der Waals surface area contributed by atoms with Crippen molar-refractivity contribution in [2.24, 2.45) is 0 Å². The number of nitriles is 1. The van der Waals surface area contributed by atoms with Gasteiger partial charge in [-0.15, -0.1) is 0 Å². The molecule has 0 aromatic heterocycles. The minimum Gasteiger partial charge on any atom is -0.185 e. The highest BCUT2D eigenvalue weighted by Gasteiger charge is 1.85. The summed E-state index contributed by atoms with van der Waals surface area (Å²) in [6, 6.07) is 16.7. The van der Waals surface area contributed by atoms with Crippen LogP contribution in [0.25, 0.3) is 10.8 Å². The average molecular weight is 187 g/mol. The van der Waals surface area contributed by atoms with E-state index in [1.165, 1.54) is 16.2 Å². The molecule has 0 fully saturated rings. The molecule has 0 unspecified atom stereocenters. The van der Waals surface area contributed by atoms with Crippen molar-refractivity contribution in [2.75, 3.05) is 0 Å². The molecule has 0 aliphatic carbocycles. The van der Waals surface area contributed by atoms with E-state index < -0.39 is 0 Å². The standard InChI is InChI=1S/C10H8.CHNS/c1-2-6-10-8-4-3-7-9(10)5-1;2-1-3/h1-8H;3H. The number of thiocyanates is 1. The van der Waals surface area contributed by atoms with Crippen molar-refractivity contribution in [1.29, 1.82) is 5.26 Å². The van der Waals surface area contributed by atoms with E-state index in [1.54, 1.807) is 0 Å². The summed E-state index contributed by atoms with van der Waals surface area (Å²) in [5.41, 5.74) is 0. The highest BCUT2D eigenvalue weighted by Crippen LogP contribution is 2.11. The van der Waals surface area contributed by atoms with Crippen LogP contribution in [-0.2, 0) is 0 Å². The first-order chi connectivity index (χ1) is 6.38. The molecule has 2 rings (SSSR count). The lowest BCUT2D eigenvalue weighted by atomic mass is 10.1. The summed E-state index contributed by atoms with van der Waals surface area (Å²) in [5, 5.41) is 11.2. The number of hydrogen-bond donors (Lipinski definition) is 1. The van der Waals surface area contributed by atoms with E-state index in [0.717, 1.165) is 0 Å². The summed E-state index contributed by atoms with van der Waals surface area (Å²) in [6.07, 6.45) is 0. The maximum Gasteiger partial charge on any atom is 0.130 e. The molecule has 2 aromatic carbocycles. The third-order valence-electron chi connectivity index (χ3n) is 1.66. The molecule has 0 aliphatic rings. The Kier molecular flexibility index (Phi) is 3.87. The lowest BCUT2D eigenvalue weighted by Crippen LogP contribution is -1.67. The monoisotopic (exact) mass is 187 g/mol. The van der Waals surface area contributed by atoms with E-state index in [9.17, 15) is 0 Å². The summed E-state index contributed by atoms with van der Waals surface area (Å²) in [6.45, 7) is 0. The number of benzene rings is 2. The Morgan fingerprint density at radius 1 is 0.846 bits per heavy atom. The first kappa shape index (κ1) is 9.63. The highest BCUT2D eigenvalue weighted by molar-refractivity contribution is 7.85. The van der Waals surface area contributed by atoms with E-state index in [2.05, 4.69) is 61.2 Å². The largest absolute Gasteiger partial charge is 0.185 e. The van der Waals surface area contributed by atoms with Crippen LogP contribution in [0.4, 0.5) is 0 Å². The Bertz CT molecular complexity index is 352. The fourth-order valence-corrected chi connectivity index (χ4v) is 1.13. The third-order valence-corrected chi connectivity index (χ3v) is 1.66. The van der Waals surface area contributed by atoms with Crippen LogP contribution in [0.2, 0.25) is 0 Å². The first-order valence-electron chi connectivity index (χ1n) is 3.85. The highest BCUT2D eigenvalue weighted by atomic mass is 32.1. The molecule has 1 nitrogen and oxygen atoms in total. The SMILES string of the molecule is N#CS.c1ccc2ccccc2c1. The predicted molar refractivity (Wildman–Crippen MR) is 58.5 cm³/mol. The minimum absolute atomic E-state index is 1.31. The Morgan fingerprint density at radius 2 is 1.08 bits per heavy atom. The van der Waals surface area contributed by atoms with Crippen molar-refractivity contribution in [1.82, 2.24) is 0 Å². The van der Waals surface area contributed by atoms with Crippen molar-refractivity contribution in [3.63, 3.8) is 0 Å². The van der Waals surface area contributed by atoms with Crippen LogP contribution in [0.15, 0.2) is 48.5 Å². The summed E-state index contributed by atoms with van der Waals surface area (Å²) < 4.78 is 0. The van der Waals surface area contributed by atoms with E-state index >= 15 is 0 Å². The maximum atomic E-state index is 7.18. The molecule has 2 aromatic rings. The molecular formula is C11H9NS. The predicted octanol–water partition coefficient (Wildman–Crippen LogP) is 3.24. The number of rotatable bonds is 0. The molecule has 0 saturated heterocycles. The second kappa shape index (κ2) is 5.23. The number of fused-ring (bicyclic) bond motifs is 1. The zero-order valence-electron chi connectivity index (χ0n) is 7.01. The van der Waals surface area contributed by atoms with Crippen LogP contribution in [0, 0.1) is 10.7 Å². The van der Waals surface area contributed by atoms with Gasteiger partial charge in [-0.1, -0.05) is 61.2 Å². The summed E-state index contributed by atoms with van der Waals surface area (Å²) in [4.78, 5) is 0. The second-order valence-corrected chi connectivity index (χ2v) is 2.65. The normalized spacial score (nSPS) is 8.31. The molecule has 0 spiro atoms. The van der Waals surface area contributed by atoms with E-state index in [0.29, 0.717) is 0 Å². The Labute approximate surface area is 83.0 Å². The first-order valence-corrected chi connectivity index (χ1v) is 4.30. The van der Waals surface area contributed by atoms with E-state index in [4.69, 9.17) is 5.26 Å². The molecule has 13 heavy (non-hydrogen) atoms. The van der Waals surface area contributed by atoms with Gasteiger partial charge in [0.1, 0.15) is 5.40 Å². The van der Waals surface area contributed by atoms with Crippen LogP contribution in [0.1, 0.15) is 0 Å². The molecule has 0 saturated carbocycles. The molecule has 0 amide bonds. The molecule has 64 valence electrons. The van der Waals surface area contributed by atoms with Crippen LogP contribution in [0.3, 0.4) is 0 Å². The van der Waals surface area contributed by atoms with Gasteiger partial charge in [0.05, 0.1) is 0 Å². The van der Waals surface area contributed by atoms with Gasteiger partial charge in [-0.3, -0.25) is 0 Å². The summed E-state index contributed by atoms with van der Waals surface area (Å²) >= 11 is 3.09. The molecule has 0 aliphatic heterocycles. The molecule has 2 heteroatoms. The Balaban J connectivity index is 0.000000251. The molecule has 0 radical (unpaired) electrons. The number of nitrogens with zero attached hydrogens (tertiary/aromatic N) is 1. The van der Waals surface area contributed by atoms with Crippen molar-refractivity contribution in [3.8, 4) is 5.40 Å². The average Bonchev–Trinajstić information content (AvgIpc) is 2.19. The smallest absolute Gasteiger partial charge is 0.130 e.